The number of benzene rings is 1. The van der Waals surface area contributed by atoms with Gasteiger partial charge >= 0.3 is 0 Å². The third kappa shape index (κ3) is 2.94. The number of ketones is 1. The second-order valence-corrected chi connectivity index (χ2v) is 7.97. The number of fused-ring (bicyclic) bond motifs is 1. The van der Waals surface area contributed by atoms with Crippen molar-refractivity contribution in [2.45, 2.75) is 25.8 Å². The van der Waals surface area contributed by atoms with Gasteiger partial charge in [0.05, 0.1) is 11.6 Å². The summed E-state index contributed by atoms with van der Waals surface area (Å²) >= 11 is 1.49. The summed E-state index contributed by atoms with van der Waals surface area (Å²) < 4.78 is 2.08. The van der Waals surface area contributed by atoms with Crippen molar-refractivity contribution in [3.63, 3.8) is 0 Å². The highest BCUT2D eigenvalue weighted by Gasteiger charge is 2.43. The van der Waals surface area contributed by atoms with Gasteiger partial charge in [-0.2, -0.15) is 0 Å². The minimum Gasteiger partial charge on any atom is -0.503 e. The standard InChI is InChI=1S/C22H22N2O3S/c1-3-17(25)19-20(18-9-6-12-28-18)24(22(27)21(19)26)11-10-14-13-23(2)16-8-5-4-7-15(14)16/h4-9,12-13,20,26H,3,10-11H2,1-2H3. The zero-order chi connectivity index (χ0) is 19.8. The molecule has 0 radical (unpaired) electrons. The Hall–Kier alpha value is -2.86. The van der Waals surface area contributed by atoms with Gasteiger partial charge in [0.15, 0.2) is 11.5 Å². The largest absolute Gasteiger partial charge is 0.503 e. The number of aliphatic hydroxyl groups is 1. The highest BCUT2D eigenvalue weighted by atomic mass is 32.1. The second kappa shape index (κ2) is 7.28. The van der Waals surface area contributed by atoms with Gasteiger partial charge in [-0.15, -0.1) is 11.3 Å². The summed E-state index contributed by atoms with van der Waals surface area (Å²) in [5.74, 6) is -1.05. The van der Waals surface area contributed by atoms with E-state index in [1.807, 2.05) is 36.7 Å². The van der Waals surface area contributed by atoms with Crippen LogP contribution in [0.2, 0.25) is 0 Å². The van der Waals surface area contributed by atoms with Gasteiger partial charge in [-0.3, -0.25) is 9.59 Å². The summed E-state index contributed by atoms with van der Waals surface area (Å²) in [6.07, 6.45) is 2.98. The monoisotopic (exact) mass is 394 g/mol. The van der Waals surface area contributed by atoms with Crippen LogP contribution in [-0.4, -0.2) is 32.8 Å². The van der Waals surface area contributed by atoms with Crippen molar-refractivity contribution in [2.75, 3.05) is 6.54 Å². The van der Waals surface area contributed by atoms with Gasteiger partial charge in [0.25, 0.3) is 5.91 Å². The normalized spacial score (nSPS) is 17.1. The lowest BCUT2D eigenvalue weighted by atomic mass is 10.00. The lowest BCUT2D eigenvalue weighted by Crippen LogP contribution is -2.32. The molecule has 1 atom stereocenters. The van der Waals surface area contributed by atoms with Crippen molar-refractivity contribution in [3.8, 4) is 0 Å². The molecule has 28 heavy (non-hydrogen) atoms. The van der Waals surface area contributed by atoms with Gasteiger partial charge in [-0.25, -0.2) is 0 Å². The molecule has 0 spiro atoms. The number of thiophene rings is 1. The Labute approximate surface area is 167 Å². The number of carbonyl (C=O) groups is 2. The minimum absolute atomic E-state index is 0.183. The molecule has 6 heteroatoms. The number of rotatable bonds is 6. The van der Waals surface area contributed by atoms with E-state index < -0.39 is 17.7 Å². The van der Waals surface area contributed by atoms with E-state index in [2.05, 4.69) is 22.9 Å². The van der Waals surface area contributed by atoms with Crippen LogP contribution in [0, 0.1) is 0 Å². The summed E-state index contributed by atoms with van der Waals surface area (Å²) in [5.41, 5.74) is 2.52. The zero-order valence-electron chi connectivity index (χ0n) is 15.9. The lowest BCUT2D eigenvalue weighted by molar-refractivity contribution is -0.129. The summed E-state index contributed by atoms with van der Waals surface area (Å²) in [4.78, 5) is 27.8. The number of aliphatic hydroxyl groups excluding tert-OH is 1. The van der Waals surface area contributed by atoms with Gasteiger partial charge < -0.3 is 14.6 Å². The second-order valence-electron chi connectivity index (χ2n) is 6.99. The zero-order valence-corrected chi connectivity index (χ0v) is 16.7. The van der Waals surface area contributed by atoms with Crippen molar-refractivity contribution >= 4 is 33.9 Å². The Morgan fingerprint density at radius 3 is 2.71 bits per heavy atom. The molecule has 4 rings (SSSR count). The van der Waals surface area contributed by atoms with Crippen LogP contribution in [0.4, 0.5) is 0 Å². The van der Waals surface area contributed by atoms with E-state index in [9.17, 15) is 14.7 Å². The van der Waals surface area contributed by atoms with Crippen molar-refractivity contribution in [3.05, 3.63) is 69.7 Å². The van der Waals surface area contributed by atoms with Crippen LogP contribution in [0.1, 0.15) is 29.8 Å². The first-order valence-electron chi connectivity index (χ1n) is 9.36. The highest BCUT2D eigenvalue weighted by molar-refractivity contribution is 7.10. The number of para-hydroxylation sites is 1. The molecule has 0 saturated carbocycles. The third-order valence-electron chi connectivity index (χ3n) is 5.34. The average Bonchev–Trinajstić information content (AvgIpc) is 3.40. The van der Waals surface area contributed by atoms with E-state index in [0.717, 1.165) is 21.3 Å². The molecule has 3 heterocycles. The van der Waals surface area contributed by atoms with Crippen LogP contribution in [0.3, 0.4) is 0 Å². The number of hydrogen-bond donors (Lipinski definition) is 1. The van der Waals surface area contributed by atoms with Gasteiger partial charge in [-0.1, -0.05) is 31.2 Å². The first kappa shape index (κ1) is 18.5. The van der Waals surface area contributed by atoms with Crippen molar-refractivity contribution in [1.29, 1.82) is 0 Å². The molecule has 2 aromatic heterocycles. The molecule has 1 aliphatic heterocycles. The molecule has 1 aromatic carbocycles. The number of carbonyl (C=O) groups excluding carboxylic acids is 2. The Kier molecular flexibility index (Phi) is 4.81. The fourth-order valence-corrected chi connectivity index (χ4v) is 4.81. The summed E-state index contributed by atoms with van der Waals surface area (Å²) in [7, 11) is 2.01. The van der Waals surface area contributed by atoms with E-state index in [-0.39, 0.29) is 17.8 Å². The Morgan fingerprint density at radius 2 is 2.00 bits per heavy atom. The van der Waals surface area contributed by atoms with Crippen molar-refractivity contribution in [2.24, 2.45) is 7.05 Å². The number of hydrogen-bond acceptors (Lipinski definition) is 4. The fourth-order valence-electron chi connectivity index (χ4n) is 3.97. The molecule has 5 nitrogen and oxygen atoms in total. The fraction of sp³-hybridized carbons (Fsp3) is 0.273. The maximum atomic E-state index is 12.8. The van der Waals surface area contributed by atoms with E-state index >= 15 is 0 Å². The predicted octanol–water partition coefficient (Wildman–Crippen LogP) is 4.16. The molecule has 144 valence electrons. The summed E-state index contributed by atoms with van der Waals surface area (Å²) in [6, 6.07) is 11.5. The molecule has 1 N–H and O–H groups in total. The molecule has 0 bridgehead atoms. The van der Waals surface area contributed by atoms with Crippen LogP contribution in [-0.2, 0) is 23.1 Å². The Bertz CT molecular complexity index is 1080. The van der Waals surface area contributed by atoms with E-state index in [4.69, 9.17) is 0 Å². The highest BCUT2D eigenvalue weighted by Crippen LogP contribution is 2.40. The first-order chi connectivity index (χ1) is 13.5. The van der Waals surface area contributed by atoms with Gasteiger partial charge in [0, 0.05) is 42.0 Å². The maximum absolute atomic E-state index is 12.8. The number of Topliss-reactive ketones (excluding diaryl/α,β-unsaturated/α-hetero) is 1. The van der Waals surface area contributed by atoms with E-state index in [1.54, 1.807) is 11.8 Å². The predicted molar refractivity (Wildman–Crippen MR) is 110 cm³/mol. The number of aromatic nitrogens is 1. The third-order valence-corrected chi connectivity index (χ3v) is 6.26. The molecule has 1 aliphatic rings. The maximum Gasteiger partial charge on any atom is 0.290 e. The van der Waals surface area contributed by atoms with E-state index in [0.29, 0.717) is 13.0 Å². The van der Waals surface area contributed by atoms with Gasteiger partial charge in [0.1, 0.15) is 0 Å². The van der Waals surface area contributed by atoms with Crippen LogP contribution >= 0.6 is 11.3 Å². The molecule has 0 fully saturated rings. The van der Waals surface area contributed by atoms with Gasteiger partial charge in [0.2, 0.25) is 0 Å². The number of amides is 1. The lowest BCUT2D eigenvalue weighted by Gasteiger charge is -2.25. The molecule has 0 aliphatic carbocycles. The number of aryl methyl sites for hydroxylation is 1. The molecule has 1 amide bonds. The minimum atomic E-state index is -0.505. The SMILES string of the molecule is CCC(=O)C1=C(O)C(=O)N(CCc2cn(C)c3ccccc23)C1c1cccs1. The quantitative estimate of drug-likeness (QED) is 0.683. The average molecular weight is 394 g/mol. The molecule has 1 unspecified atom stereocenters. The van der Waals surface area contributed by atoms with Crippen LogP contribution in [0.15, 0.2) is 59.3 Å². The topological polar surface area (TPSA) is 62.5 Å². The van der Waals surface area contributed by atoms with Crippen molar-refractivity contribution in [1.82, 2.24) is 9.47 Å². The number of nitrogens with zero attached hydrogens (tertiary/aromatic N) is 2. The van der Waals surface area contributed by atoms with Crippen LogP contribution in [0.25, 0.3) is 10.9 Å². The van der Waals surface area contributed by atoms with E-state index in [1.165, 1.54) is 11.3 Å². The molecule has 3 aromatic rings. The first-order valence-corrected chi connectivity index (χ1v) is 10.2. The summed E-state index contributed by atoms with van der Waals surface area (Å²) in [5, 5.41) is 13.5. The molecular weight excluding hydrogens is 372 g/mol. The smallest absolute Gasteiger partial charge is 0.290 e. The summed E-state index contributed by atoms with van der Waals surface area (Å²) in [6.45, 7) is 2.18. The van der Waals surface area contributed by atoms with Crippen molar-refractivity contribution < 1.29 is 14.7 Å². The molecular formula is C22H22N2O3S. The molecule has 0 saturated heterocycles. The van der Waals surface area contributed by atoms with Gasteiger partial charge in [-0.05, 0) is 29.5 Å². The van der Waals surface area contributed by atoms with Crippen LogP contribution in [0.5, 0.6) is 0 Å². The Balaban J connectivity index is 1.66. The van der Waals surface area contributed by atoms with Crippen LogP contribution < -0.4 is 0 Å². The Morgan fingerprint density at radius 1 is 1.21 bits per heavy atom.